The summed E-state index contributed by atoms with van der Waals surface area (Å²) in [6.07, 6.45) is 0. The Hall–Kier alpha value is -5.46. The molecule has 0 nitrogen and oxygen atoms in total. The van der Waals surface area contributed by atoms with E-state index in [0.717, 1.165) is 0 Å². The predicted molar refractivity (Wildman–Crippen MR) is 190 cm³/mol. The third-order valence-electron chi connectivity index (χ3n) is 10.2. The molecule has 10 rings (SSSR count). The Morgan fingerprint density at radius 1 is 0.318 bits per heavy atom. The molecule has 0 heterocycles. The molecule has 1 aliphatic rings. The Balaban J connectivity index is 1.48. The lowest BCUT2D eigenvalue weighted by Gasteiger charge is -2.21. The summed E-state index contributed by atoms with van der Waals surface area (Å²) in [5.74, 6) is 0. The van der Waals surface area contributed by atoms with E-state index in [2.05, 4.69) is 147 Å². The Morgan fingerprint density at radius 2 is 0.773 bits per heavy atom. The molecule has 9 aromatic rings. The van der Waals surface area contributed by atoms with Crippen molar-refractivity contribution >= 4 is 53.9 Å². The molecule has 0 aromatic heterocycles. The fourth-order valence-corrected chi connectivity index (χ4v) is 8.25. The van der Waals surface area contributed by atoms with Crippen LogP contribution < -0.4 is 0 Å². The maximum atomic E-state index is 2.43. The van der Waals surface area contributed by atoms with Gasteiger partial charge in [0, 0.05) is 0 Å². The normalized spacial score (nSPS) is 12.3. The van der Waals surface area contributed by atoms with Gasteiger partial charge in [-0.2, -0.15) is 0 Å². The van der Waals surface area contributed by atoms with E-state index in [1.165, 1.54) is 109 Å². The molecule has 0 bridgehead atoms. The molecule has 0 saturated heterocycles. The quantitative estimate of drug-likeness (QED) is 0.147. The molecule has 1 aliphatic carbocycles. The fourth-order valence-electron chi connectivity index (χ4n) is 8.25. The van der Waals surface area contributed by atoms with Crippen LogP contribution in [0, 0.1) is 13.8 Å². The van der Waals surface area contributed by atoms with Crippen LogP contribution >= 0.6 is 0 Å². The van der Waals surface area contributed by atoms with E-state index in [9.17, 15) is 0 Å². The molecule has 0 fully saturated rings. The van der Waals surface area contributed by atoms with Crippen LogP contribution in [0.3, 0.4) is 0 Å². The van der Waals surface area contributed by atoms with Gasteiger partial charge in [-0.05, 0) is 123 Å². The van der Waals surface area contributed by atoms with Crippen LogP contribution in [0.15, 0.2) is 133 Å². The first-order chi connectivity index (χ1) is 21.7. The number of hydrogen-bond acceptors (Lipinski definition) is 0. The average molecular weight is 557 g/mol. The predicted octanol–water partition coefficient (Wildman–Crippen LogP) is 12.5. The lowest BCUT2D eigenvalue weighted by Crippen LogP contribution is -1.95. The maximum Gasteiger partial charge on any atom is -0.000740 e. The van der Waals surface area contributed by atoms with Gasteiger partial charge >= 0.3 is 0 Å². The van der Waals surface area contributed by atoms with E-state index in [4.69, 9.17) is 0 Å². The minimum Gasteiger partial charge on any atom is -0.0622 e. The van der Waals surface area contributed by atoms with Crippen LogP contribution in [0.1, 0.15) is 11.1 Å². The monoisotopic (exact) mass is 556 g/mol. The van der Waals surface area contributed by atoms with Crippen LogP contribution in [0.4, 0.5) is 0 Å². The van der Waals surface area contributed by atoms with Crippen molar-refractivity contribution in [1.82, 2.24) is 0 Å². The summed E-state index contributed by atoms with van der Waals surface area (Å²) in [5.41, 5.74) is 13.3. The molecule has 0 heteroatoms. The molecule has 0 aliphatic heterocycles. The highest BCUT2D eigenvalue weighted by molar-refractivity contribution is 6.39. The van der Waals surface area contributed by atoms with Crippen molar-refractivity contribution in [2.75, 3.05) is 0 Å². The van der Waals surface area contributed by atoms with Crippen molar-refractivity contribution in [3.63, 3.8) is 0 Å². The highest BCUT2D eigenvalue weighted by Crippen LogP contribution is 2.59. The highest BCUT2D eigenvalue weighted by Gasteiger charge is 2.32. The van der Waals surface area contributed by atoms with Crippen LogP contribution in [0.25, 0.3) is 98.4 Å². The zero-order chi connectivity index (χ0) is 29.1. The highest BCUT2D eigenvalue weighted by atomic mass is 14.3. The molecule has 0 N–H and O–H groups in total. The van der Waals surface area contributed by atoms with Crippen molar-refractivity contribution in [2.45, 2.75) is 13.8 Å². The van der Waals surface area contributed by atoms with Crippen LogP contribution in [0.5, 0.6) is 0 Å². The first-order valence-corrected chi connectivity index (χ1v) is 15.5. The maximum absolute atomic E-state index is 2.43. The van der Waals surface area contributed by atoms with Gasteiger partial charge in [-0.1, -0.05) is 133 Å². The molecule has 0 saturated carbocycles. The van der Waals surface area contributed by atoms with E-state index in [-0.39, 0.29) is 0 Å². The zero-order valence-electron chi connectivity index (χ0n) is 24.7. The van der Waals surface area contributed by atoms with Crippen molar-refractivity contribution in [1.29, 1.82) is 0 Å². The van der Waals surface area contributed by atoms with E-state index >= 15 is 0 Å². The summed E-state index contributed by atoms with van der Waals surface area (Å²) in [6.45, 7) is 4.49. The molecule has 204 valence electrons. The third-order valence-corrected chi connectivity index (χ3v) is 10.2. The summed E-state index contributed by atoms with van der Waals surface area (Å²) in [5, 5.41) is 13.5. The minimum absolute atomic E-state index is 1.27. The summed E-state index contributed by atoms with van der Waals surface area (Å²) in [7, 11) is 0. The molecule has 9 aromatic carbocycles. The number of fused-ring (bicyclic) bond motifs is 6. The SMILES string of the molecule is Cc1cc2c(-c3ccccc3)c3c(c(-c4ccccc4)c2cc1C)-c1ccc2c4cccc5cccc(c6ccc-3c1c62)c54. The van der Waals surface area contributed by atoms with Crippen molar-refractivity contribution in [2.24, 2.45) is 0 Å². The molecule has 0 unspecified atom stereocenters. The lowest BCUT2D eigenvalue weighted by molar-refractivity contribution is 1.37. The van der Waals surface area contributed by atoms with Gasteiger partial charge < -0.3 is 0 Å². The van der Waals surface area contributed by atoms with E-state index < -0.39 is 0 Å². The Labute approximate surface area is 256 Å². The molecule has 0 atom stereocenters. The summed E-state index contributed by atoms with van der Waals surface area (Å²) in [4.78, 5) is 0. The fraction of sp³-hybridized carbons (Fsp3) is 0.0455. The van der Waals surface area contributed by atoms with Crippen LogP contribution in [0.2, 0.25) is 0 Å². The van der Waals surface area contributed by atoms with Gasteiger partial charge in [0.05, 0.1) is 0 Å². The average Bonchev–Trinajstić information content (AvgIpc) is 3.40. The van der Waals surface area contributed by atoms with Gasteiger partial charge in [-0.15, -0.1) is 0 Å². The number of rotatable bonds is 2. The molecule has 0 spiro atoms. The van der Waals surface area contributed by atoms with Gasteiger partial charge in [-0.3, -0.25) is 0 Å². The van der Waals surface area contributed by atoms with E-state index in [1.54, 1.807) is 0 Å². The summed E-state index contributed by atoms with van der Waals surface area (Å²) in [6, 6.07) is 50.1. The van der Waals surface area contributed by atoms with Gasteiger partial charge in [0.2, 0.25) is 0 Å². The summed E-state index contributed by atoms with van der Waals surface area (Å²) < 4.78 is 0. The first kappa shape index (κ1) is 24.0. The Kier molecular flexibility index (Phi) is 4.67. The topological polar surface area (TPSA) is 0 Å². The molecule has 44 heavy (non-hydrogen) atoms. The Morgan fingerprint density at radius 3 is 1.25 bits per heavy atom. The van der Waals surface area contributed by atoms with Crippen molar-refractivity contribution in [3.8, 4) is 44.5 Å². The van der Waals surface area contributed by atoms with E-state index in [0.29, 0.717) is 0 Å². The van der Waals surface area contributed by atoms with Crippen molar-refractivity contribution in [3.05, 3.63) is 145 Å². The minimum atomic E-state index is 1.27. The van der Waals surface area contributed by atoms with Gasteiger partial charge in [0.15, 0.2) is 0 Å². The second kappa shape index (κ2) is 8.56. The Bertz CT molecular complexity index is 2460. The molecular formula is C44H28. The molecule has 0 radical (unpaired) electrons. The zero-order valence-corrected chi connectivity index (χ0v) is 24.7. The number of aryl methyl sites for hydroxylation is 2. The summed E-state index contributed by atoms with van der Waals surface area (Å²) >= 11 is 0. The molecule has 0 amide bonds. The second-order valence-corrected chi connectivity index (χ2v) is 12.5. The third kappa shape index (κ3) is 2.98. The standard InChI is InChI=1S/C44H28/c1-25-23-36-37(24-26(25)2)40(29-13-7-4-8-14-29)44-35-22-20-33-31-18-10-16-27-15-9-17-30(38(27)31)32-19-21-34(42(35)41(32)33)43(44)39(36)28-11-5-3-6-12-28/h3-24H,1-2H3. The number of hydrogen-bond donors (Lipinski definition) is 0. The van der Waals surface area contributed by atoms with Gasteiger partial charge in [0.25, 0.3) is 0 Å². The number of benzene rings is 9. The van der Waals surface area contributed by atoms with Gasteiger partial charge in [-0.25, -0.2) is 0 Å². The van der Waals surface area contributed by atoms with Gasteiger partial charge in [0.1, 0.15) is 0 Å². The largest absolute Gasteiger partial charge is 0.0622 e. The van der Waals surface area contributed by atoms with Crippen molar-refractivity contribution < 1.29 is 0 Å². The van der Waals surface area contributed by atoms with Crippen LogP contribution in [-0.2, 0) is 0 Å². The smallest absolute Gasteiger partial charge is 0.000740 e. The van der Waals surface area contributed by atoms with E-state index in [1.807, 2.05) is 0 Å². The molecular weight excluding hydrogens is 528 g/mol. The first-order valence-electron chi connectivity index (χ1n) is 15.5. The lowest BCUT2D eigenvalue weighted by atomic mass is 9.81. The second-order valence-electron chi connectivity index (χ2n) is 12.5. The van der Waals surface area contributed by atoms with Crippen LogP contribution in [-0.4, -0.2) is 0 Å².